The molecule has 28 heavy (non-hydrogen) atoms. The van der Waals surface area contributed by atoms with Gasteiger partial charge in [-0.1, -0.05) is 6.07 Å². The highest BCUT2D eigenvalue weighted by Crippen LogP contribution is 2.17. The number of anilines is 1. The molecule has 2 heterocycles. The Kier molecular flexibility index (Phi) is 9.15. The van der Waals surface area contributed by atoms with Crippen molar-refractivity contribution in [1.29, 1.82) is 0 Å². The first-order chi connectivity index (χ1) is 13.1. The van der Waals surface area contributed by atoms with Crippen LogP contribution in [0.4, 0.5) is 10.1 Å². The van der Waals surface area contributed by atoms with Gasteiger partial charge in [0.1, 0.15) is 5.82 Å². The van der Waals surface area contributed by atoms with Crippen LogP contribution in [0.3, 0.4) is 0 Å². The van der Waals surface area contributed by atoms with Crippen molar-refractivity contribution in [2.75, 3.05) is 38.0 Å². The Morgan fingerprint density at radius 3 is 2.86 bits per heavy atom. The third-order valence-corrected chi connectivity index (χ3v) is 5.31. The Balaban J connectivity index is 0.00000280. The maximum atomic E-state index is 13.2. The van der Waals surface area contributed by atoms with Crippen molar-refractivity contribution in [1.82, 2.24) is 15.5 Å². The minimum atomic E-state index is -0.360. The van der Waals surface area contributed by atoms with E-state index in [1.54, 1.807) is 12.1 Å². The molecule has 1 aromatic rings. The highest BCUT2D eigenvalue weighted by atomic mass is 35.5. The number of benzene rings is 1. The molecule has 2 saturated heterocycles. The van der Waals surface area contributed by atoms with Gasteiger partial charge in [-0.3, -0.25) is 9.59 Å². The lowest BCUT2D eigenvalue weighted by molar-refractivity contribution is -0.123. The summed E-state index contributed by atoms with van der Waals surface area (Å²) >= 11 is 0. The number of nitrogens with zero attached hydrogens (tertiary/aromatic N) is 1. The molecule has 156 valence electrons. The van der Waals surface area contributed by atoms with Crippen molar-refractivity contribution in [2.24, 2.45) is 5.92 Å². The van der Waals surface area contributed by atoms with Gasteiger partial charge in [0.15, 0.2) is 0 Å². The molecule has 2 unspecified atom stereocenters. The molecule has 0 aromatic heterocycles. The molecule has 0 saturated carbocycles. The van der Waals surface area contributed by atoms with E-state index in [1.165, 1.54) is 12.1 Å². The predicted octanol–water partition coefficient (Wildman–Crippen LogP) is 2.16. The van der Waals surface area contributed by atoms with Crippen LogP contribution in [0, 0.1) is 11.7 Å². The quantitative estimate of drug-likeness (QED) is 0.641. The zero-order valence-electron chi connectivity index (χ0n) is 16.1. The van der Waals surface area contributed by atoms with Crippen molar-refractivity contribution >= 4 is 29.9 Å². The molecule has 1 aromatic carbocycles. The van der Waals surface area contributed by atoms with Crippen molar-refractivity contribution in [3.63, 3.8) is 0 Å². The summed E-state index contributed by atoms with van der Waals surface area (Å²) in [6, 6.07) is 5.90. The van der Waals surface area contributed by atoms with Gasteiger partial charge in [0.05, 0.1) is 6.04 Å². The van der Waals surface area contributed by atoms with Gasteiger partial charge >= 0.3 is 0 Å². The number of hydrogen-bond donors (Lipinski definition) is 3. The van der Waals surface area contributed by atoms with Gasteiger partial charge in [0, 0.05) is 31.7 Å². The Morgan fingerprint density at radius 1 is 1.25 bits per heavy atom. The zero-order valence-corrected chi connectivity index (χ0v) is 16.9. The van der Waals surface area contributed by atoms with Gasteiger partial charge in [0.2, 0.25) is 11.8 Å². The highest BCUT2D eigenvalue weighted by molar-refractivity contribution is 5.90. The van der Waals surface area contributed by atoms with Crippen LogP contribution in [0.25, 0.3) is 0 Å². The molecule has 3 N–H and O–H groups in total. The summed E-state index contributed by atoms with van der Waals surface area (Å²) in [4.78, 5) is 26.5. The van der Waals surface area contributed by atoms with E-state index in [-0.39, 0.29) is 36.1 Å². The lowest BCUT2D eigenvalue weighted by Crippen LogP contribution is -2.45. The summed E-state index contributed by atoms with van der Waals surface area (Å²) in [5.41, 5.74) is 0.486. The molecule has 0 aliphatic carbocycles. The predicted molar refractivity (Wildman–Crippen MR) is 110 cm³/mol. The van der Waals surface area contributed by atoms with E-state index in [1.807, 2.05) is 0 Å². The second-order valence-electron chi connectivity index (χ2n) is 7.51. The Labute approximate surface area is 172 Å². The number of rotatable bonds is 7. The molecule has 3 rings (SSSR count). The van der Waals surface area contributed by atoms with E-state index in [4.69, 9.17) is 0 Å². The molecule has 2 aliphatic heterocycles. The van der Waals surface area contributed by atoms with Crippen LogP contribution < -0.4 is 16.0 Å². The fourth-order valence-electron chi connectivity index (χ4n) is 3.85. The van der Waals surface area contributed by atoms with Crippen molar-refractivity contribution in [3.8, 4) is 0 Å². The molecule has 2 atom stereocenters. The largest absolute Gasteiger partial charge is 0.354 e. The van der Waals surface area contributed by atoms with Gasteiger partial charge < -0.3 is 20.9 Å². The summed E-state index contributed by atoms with van der Waals surface area (Å²) in [6.07, 6.45) is 4.54. The SMILES string of the molecule is Cl.O=C(CCN1CCCC(CNC(=O)C2CCCN2)C1)Nc1cccc(F)c1. The van der Waals surface area contributed by atoms with Crippen LogP contribution in [-0.2, 0) is 9.59 Å². The first-order valence-corrected chi connectivity index (χ1v) is 9.89. The molecule has 8 heteroatoms. The molecule has 0 bridgehead atoms. The van der Waals surface area contributed by atoms with E-state index in [0.29, 0.717) is 31.1 Å². The van der Waals surface area contributed by atoms with Gasteiger partial charge in [-0.25, -0.2) is 4.39 Å². The minimum Gasteiger partial charge on any atom is -0.354 e. The first kappa shape index (κ1) is 22.6. The second kappa shape index (κ2) is 11.3. The minimum absolute atomic E-state index is 0. The molecule has 2 amide bonds. The van der Waals surface area contributed by atoms with Crippen molar-refractivity contribution in [2.45, 2.75) is 38.1 Å². The number of halogens is 2. The maximum absolute atomic E-state index is 13.2. The highest BCUT2D eigenvalue weighted by Gasteiger charge is 2.24. The van der Waals surface area contributed by atoms with Gasteiger partial charge in [-0.2, -0.15) is 0 Å². The molecule has 6 nitrogen and oxygen atoms in total. The zero-order chi connectivity index (χ0) is 19.1. The van der Waals surface area contributed by atoms with Gasteiger partial charge in [-0.05, 0) is 62.9 Å². The Morgan fingerprint density at radius 2 is 2.11 bits per heavy atom. The van der Waals surface area contributed by atoms with Crippen molar-refractivity contribution in [3.05, 3.63) is 30.1 Å². The van der Waals surface area contributed by atoms with E-state index >= 15 is 0 Å². The van der Waals surface area contributed by atoms with E-state index in [2.05, 4.69) is 20.9 Å². The number of amides is 2. The van der Waals surface area contributed by atoms with Gasteiger partial charge in [-0.15, -0.1) is 12.4 Å². The number of nitrogens with one attached hydrogen (secondary N) is 3. The van der Waals surface area contributed by atoms with E-state index in [0.717, 1.165) is 45.3 Å². The monoisotopic (exact) mass is 412 g/mol. The fraction of sp³-hybridized carbons (Fsp3) is 0.600. The number of carbonyl (C=O) groups is 2. The lowest BCUT2D eigenvalue weighted by Gasteiger charge is -2.32. The van der Waals surface area contributed by atoms with Crippen LogP contribution in [0.5, 0.6) is 0 Å². The summed E-state index contributed by atoms with van der Waals surface area (Å²) < 4.78 is 13.2. The number of likely N-dealkylation sites (tertiary alicyclic amines) is 1. The third-order valence-electron chi connectivity index (χ3n) is 5.31. The van der Waals surface area contributed by atoms with Gasteiger partial charge in [0.25, 0.3) is 0 Å². The van der Waals surface area contributed by atoms with Crippen LogP contribution in [0.15, 0.2) is 24.3 Å². The molecule has 0 radical (unpaired) electrons. The maximum Gasteiger partial charge on any atom is 0.237 e. The van der Waals surface area contributed by atoms with E-state index in [9.17, 15) is 14.0 Å². The fourth-order valence-corrected chi connectivity index (χ4v) is 3.85. The summed E-state index contributed by atoms with van der Waals surface area (Å²) in [5.74, 6) is 0.0688. The normalized spacial score (nSPS) is 22.3. The number of hydrogen-bond acceptors (Lipinski definition) is 4. The van der Waals surface area contributed by atoms with Crippen LogP contribution in [0.1, 0.15) is 32.1 Å². The third kappa shape index (κ3) is 7.04. The standard InChI is InChI=1S/C20H29FN4O2.ClH/c21-16-5-1-6-17(12-16)24-19(26)8-11-25-10-3-4-15(14-25)13-23-20(27)18-7-2-9-22-18;/h1,5-6,12,15,18,22H,2-4,7-11,13-14H2,(H,23,27)(H,24,26);1H. The Bertz CT molecular complexity index is 655. The average molecular weight is 413 g/mol. The second-order valence-corrected chi connectivity index (χ2v) is 7.51. The van der Waals surface area contributed by atoms with Crippen LogP contribution in [-0.4, -0.2) is 55.5 Å². The van der Waals surface area contributed by atoms with E-state index < -0.39 is 0 Å². The molecular weight excluding hydrogens is 383 g/mol. The number of carbonyl (C=O) groups excluding carboxylic acids is 2. The first-order valence-electron chi connectivity index (χ1n) is 9.89. The molecule has 2 fully saturated rings. The summed E-state index contributed by atoms with van der Waals surface area (Å²) in [5, 5.41) is 9.03. The summed E-state index contributed by atoms with van der Waals surface area (Å²) in [7, 11) is 0. The molecule has 0 spiro atoms. The van der Waals surface area contributed by atoms with Crippen LogP contribution >= 0.6 is 12.4 Å². The Hall–Kier alpha value is -1.70. The summed E-state index contributed by atoms with van der Waals surface area (Å²) in [6.45, 7) is 4.17. The molecular formula is C20H30ClFN4O2. The average Bonchev–Trinajstić information content (AvgIpc) is 3.20. The number of piperidine rings is 1. The lowest BCUT2D eigenvalue weighted by atomic mass is 9.97. The van der Waals surface area contributed by atoms with Crippen molar-refractivity contribution < 1.29 is 14.0 Å². The topological polar surface area (TPSA) is 73.5 Å². The smallest absolute Gasteiger partial charge is 0.237 e. The molecule has 2 aliphatic rings. The van der Waals surface area contributed by atoms with Crippen LogP contribution in [0.2, 0.25) is 0 Å².